The molecule has 0 saturated heterocycles. The molecule has 0 nitrogen and oxygen atoms in total. The first-order valence-corrected chi connectivity index (χ1v) is 13.2. The van der Waals surface area contributed by atoms with E-state index < -0.39 is 0 Å². The van der Waals surface area contributed by atoms with Crippen molar-refractivity contribution < 1.29 is 0 Å². The van der Waals surface area contributed by atoms with Crippen LogP contribution in [0.4, 0.5) is 0 Å². The average molecular weight is 397 g/mol. The Balaban J connectivity index is 1.50. The van der Waals surface area contributed by atoms with Crippen LogP contribution in [0.3, 0.4) is 0 Å². The van der Waals surface area contributed by atoms with Crippen molar-refractivity contribution in [2.45, 2.75) is 112 Å². The number of hydrogen-bond acceptors (Lipinski definition) is 0. The molecule has 0 amide bonds. The van der Waals surface area contributed by atoms with Crippen LogP contribution in [0.5, 0.6) is 0 Å². The topological polar surface area (TPSA) is 0 Å². The lowest BCUT2D eigenvalue weighted by molar-refractivity contribution is -0.196. The van der Waals surface area contributed by atoms with E-state index in [2.05, 4.69) is 48.1 Å². The van der Waals surface area contributed by atoms with Crippen molar-refractivity contribution in [3.63, 3.8) is 0 Å². The summed E-state index contributed by atoms with van der Waals surface area (Å²) >= 11 is 0. The van der Waals surface area contributed by atoms with Gasteiger partial charge in [-0.25, -0.2) is 0 Å². The van der Waals surface area contributed by atoms with E-state index in [0.29, 0.717) is 21.7 Å². The third kappa shape index (κ3) is 2.68. The van der Waals surface area contributed by atoms with Gasteiger partial charge in [-0.3, -0.25) is 0 Å². The Morgan fingerprint density at radius 3 is 2.17 bits per heavy atom. The predicted molar refractivity (Wildman–Crippen MR) is 125 cm³/mol. The van der Waals surface area contributed by atoms with Gasteiger partial charge < -0.3 is 0 Å². The minimum absolute atomic E-state index is 0.562. The Labute approximate surface area is 181 Å². The predicted octanol–water partition coefficient (Wildman–Crippen LogP) is 8.66. The van der Waals surface area contributed by atoms with Gasteiger partial charge in [-0.1, -0.05) is 53.2 Å². The van der Waals surface area contributed by atoms with Crippen LogP contribution in [-0.4, -0.2) is 0 Å². The highest BCUT2D eigenvalue weighted by atomic mass is 14.7. The zero-order valence-electron chi connectivity index (χ0n) is 20.4. The minimum Gasteiger partial charge on any atom is -0.0998 e. The molecule has 0 aliphatic heterocycles. The van der Waals surface area contributed by atoms with E-state index in [1.807, 2.05) is 0 Å². The lowest BCUT2D eigenvalue weighted by Gasteiger charge is -2.69. The molecule has 0 aromatic rings. The summed E-state index contributed by atoms with van der Waals surface area (Å²) in [6.45, 7) is 20.2. The van der Waals surface area contributed by atoms with E-state index >= 15 is 0 Å². The highest BCUT2D eigenvalue weighted by Crippen LogP contribution is 2.73. The molecule has 0 aromatic carbocycles. The molecule has 0 N–H and O–H groups in total. The van der Waals surface area contributed by atoms with Crippen molar-refractivity contribution in [3.8, 4) is 0 Å². The third-order valence-corrected chi connectivity index (χ3v) is 12.4. The summed E-state index contributed by atoms with van der Waals surface area (Å²) in [4.78, 5) is 0. The molecule has 5 aliphatic rings. The molecule has 5 rings (SSSR count). The highest BCUT2D eigenvalue weighted by Gasteiger charge is 2.65. The molecule has 29 heavy (non-hydrogen) atoms. The maximum absolute atomic E-state index is 4.48. The Morgan fingerprint density at radius 1 is 0.724 bits per heavy atom. The molecule has 9 unspecified atom stereocenters. The van der Waals surface area contributed by atoms with Crippen molar-refractivity contribution in [2.75, 3.05) is 0 Å². The number of hydrogen-bond donors (Lipinski definition) is 0. The van der Waals surface area contributed by atoms with E-state index in [1.54, 1.807) is 0 Å². The molecular formula is C29H48. The quantitative estimate of drug-likeness (QED) is 0.389. The van der Waals surface area contributed by atoms with Crippen LogP contribution in [0.1, 0.15) is 112 Å². The van der Waals surface area contributed by atoms with Gasteiger partial charge in [0.1, 0.15) is 0 Å². The molecule has 0 bridgehead atoms. The highest BCUT2D eigenvalue weighted by molar-refractivity contribution is 5.17. The summed E-state index contributed by atoms with van der Waals surface area (Å²) in [7, 11) is 0. The van der Waals surface area contributed by atoms with Crippen LogP contribution in [0.25, 0.3) is 0 Å². The maximum Gasteiger partial charge on any atom is -0.0172 e. The number of allylic oxidation sites excluding steroid dienone is 1. The van der Waals surface area contributed by atoms with E-state index in [1.165, 1.54) is 76.2 Å². The molecule has 0 heterocycles. The summed E-state index contributed by atoms with van der Waals surface area (Å²) in [6.07, 6.45) is 16.4. The molecule has 0 aromatic heterocycles. The molecule has 9 atom stereocenters. The van der Waals surface area contributed by atoms with Crippen LogP contribution < -0.4 is 0 Å². The third-order valence-electron chi connectivity index (χ3n) is 12.4. The first-order chi connectivity index (χ1) is 13.5. The van der Waals surface area contributed by atoms with Gasteiger partial charge in [-0.15, -0.1) is 0 Å². The van der Waals surface area contributed by atoms with Gasteiger partial charge in [0.2, 0.25) is 0 Å². The maximum atomic E-state index is 4.48. The molecule has 5 aliphatic carbocycles. The zero-order chi connectivity index (χ0) is 20.8. The normalized spacial score (nSPS) is 55.9. The number of rotatable bonds is 1. The SMILES string of the molecule is C=C(C)C1CCC2(C)CCC3C(CCC4C3(C)CCC3C(C)(C)CCCC34C)C12. The van der Waals surface area contributed by atoms with E-state index in [0.717, 1.165) is 35.5 Å². The van der Waals surface area contributed by atoms with Gasteiger partial charge in [-0.05, 0) is 128 Å². The van der Waals surface area contributed by atoms with Crippen molar-refractivity contribution in [1.29, 1.82) is 0 Å². The zero-order valence-corrected chi connectivity index (χ0v) is 20.4. The summed E-state index contributed by atoms with van der Waals surface area (Å²) < 4.78 is 0. The second kappa shape index (κ2) is 6.38. The molecule has 5 saturated carbocycles. The van der Waals surface area contributed by atoms with Gasteiger partial charge in [-0.2, -0.15) is 0 Å². The van der Waals surface area contributed by atoms with Gasteiger partial charge >= 0.3 is 0 Å². The Hall–Kier alpha value is -0.260. The monoisotopic (exact) mass is 396 g/mol. The Morgan fingerprint density at radius 2 is 1.45 bits per heavy atom. The van der Waals surface area contributed by atoms with Crippen molar-refractivity contribution in [2.24, 2.45) is 57.2 Å². The number of fused-ring (bicyclic) bond motifs is 7. The second-order valence-electron chi connectivity index (χ2n) is 14.1. The summed E-state index contributed by atoms with van der Waals surface area (Å²) in [5.41, 5.74) is 3.88. The van der Waals surface area contributed by atoms with E-state index in [4.69, 9.17) is 0 Å². The van der Waals surface area contributed by atoms with Crippen LogP contribution in [-0.2, 0) is 0 Å². The molecule has 0 spiro atoms. The van der Waals surface area contributed by atoms with Gasteiger partial charge in [0.25, 0.3) is 0 Å². The van der Waals surface area contributed by atoms with Gasteiger partial charge in [0.05, 0.1) is 0 Å². The lowest BCUT2D eigenvalue weighted by Crippen LogP contribution is -2.61. The fourth-order valence-electron chi connectivity index (χ4n) is 11.3. The Bertz CT molecular complexity index is 686. The smallest absolute Gasteiger partial charge is 0.0172 e. The fraction of sp³-hybridized carbons (Fsp3) is 0.931. The van der Waals surface area contributed by atoms with Crippen molar-refractivity contribution >= 4 is 0 Å². The molecular weight excluding hydrogens is 348 g/mol. The average Bonchev–Trinajstić information content (AvgIpc) is 2.98. The van der Waals surface area contributed by atoms with Crippen molar-refractivity contribution in [1.82, 2.24) is 0 Å². The van der Waals surface area contributed by atoms with E-state index in [-0.39, 0.29) is 0 Å². The van der Waals surface area contributed by atoms with Crippen LogP contribution in [0.2, 0.25) is 0 Å². The van der Waals surface area contributed by atoms with Crippen LogP contribution >= 0.6 is 0 Å². The lowest BCUT2D eigenvalue weighted by atomic mass is 9.36. The largest absolute Gasteiger partial charge is 0.0998 e. The van der Waals surface area contributed by atoms with Crippen molar-refractivity contribution in [3.05, 3.63) is 12.2 Å². The first-order valence-electron chi connectivity index (χ1n) is 13.2. The first kappa shape index (κ1) is 20.6. The molecule has 0 radical (unpaired) electrons. The fourth-order valence-corrected chi connectivity index (χ4v) is 11.3. The summed E-state index contributed by atoms with van der Waals surface area (Å²) in [5, 5.41) is 0. The van der Waals surface area contributed by atoms with Gasteiger partial charge in [0.15, 0.2) is 0 Å². The molecule has 164 valence electrons. The second-order valence-corrected chi connectivity index (χ2v) is 14.1. The molecule has 0 heteroatoms. The Kier molecular flexibility index (Phi) is 4.54. The van der Waals surface area contributed by atoms with E-state index in [9.17, 15) is 0 Å². The standard InChI is InChI=1S/C29H48/c1-19(2)20-11-16-27(5)17-12-22-21(25(20)27)9-10-24-28(22,6)18-13-23-26(3,4)14-8-15-29(23,24)7/h20-25H,1,8-18H2,2-7H3. The minimum atomic E-state index is 0.562. The molecule has 5 fully saturated rings. The van der Waals surface area contributed by atoms with Gasteiger partial charge in [0, 0.05) is 0 Å². The summed E-state index contributed by atoms with van der Waals surface area (Å²) in [6, 6.07) is 0. The van der Waals surface area contributed by atoms with Crippen LogP contribution in [0, 0.1) is 57.2 Å². The summed E-state index contributed by atoms with van der Waals surface area (Å²) in [5.74, 6) is 5.65. The van der Waals surface area contributed by atoms with Crippen LogP contribution in [0.15, 0.2) is 12.2 Å².